The molecule has 1 aromatic heterocycles. The highest BCUT2D eigenvalue weighted by molar-refractivity contribution is 6.23. The molecule has 0 saturated carbocycles. The molecule has 1 unspecified atom stereocenters. The summed E-state index contributed by atoms with van der Waals surface area (Å²) in [6.45, 7) is 3.91. The number of amides is 3. The SMILES string of the molecule is CC(C)CC(C(=O)Nc1cccc2cccnc12)N1C(=O)c2ccccc2C1=O. The molecule has 2 aromatic carbocycles. The summed E-state index contributed by atoms with van der Waals surface area (Å²) in [4.78, 5) is 44.5. The van der Waals surface area contributed by atoms with Crippen molar-refractivity contribution >= 4 is 34.3 Å². The van der Waals surface area contributed by atoms with Gasteiger partial charge in [0.2, 0.25) is 5.91 Å². The van der Waals surface area contributed by atoms with Gasteiger partial charge in [-0.25, -0.2) is 0 Å². The predicted molar refractivity (Wildman–Crippen MR) is 111 cm³/mol. The highest BCUT2D eigenvalue weighted by atomic mass is 16.2. The number of aromatic nitrogens is 1. The Hall–Kier alpha value is -3.54. The van der Waals surface area contributed by atoms with Gasteiger partial charge in [0.25, 0.3) is 11.8 Å². The molecule has 1 aliphatic rings. The molecule has 3 aromatic rings. The van der Waals surface area contributed by atoms with Crippen molar-refractivity contribution in [1.82, 2.24) is 9.88 Å². The molecule has 0 radical (unpaired) electrons. The molecule has 2 heterocycles. The van der Waals surface area contributed by atoms with E-state index in [4.69, 9.17) is 0 Å². The Morgan fingerprint density at radius 2 is 1.62 bits per heavy atom. The summed E-state index contributed by atoms with van der Waals surface area (Å²) < 4.78 is 0. The number of hydrogen-bond acceptors (Lipinski definition) is 4. The lowest BCUT2D eigenvalue weighted by Gasteiger charge is -2.27. The minimum Gasteiger partial charge on any atom is -0.322 e. The molecule has 29 heavy (non-hydrogen) atoms. The maximum Gasteiger partial charge on any atom is 0.262 e. The van der Waals surface area contributed by atoms with Crippen molar-refractivity contribution in [3.05, 3.63) is 71.9 Å². The predicted octanol–water partition coefficient (Wildman–Crippen LogP) is 3.88. The van der Waals surface area contributed by atoms with Gasteiger partial charge in [-0.2, -0.15) is 0 Å². The molecular weight excluding hydrogens is 366 g/mol. The van der Waals surface area contributed by atoms with E-state index in [-0.39, 0.29) is 5.92 Å². The van der Waals surface area contributed by atoms with Crippen LogP contribution in [-0.2, 0) is 4.79 Å². The van der Waals surface area contributed by atoms with Gasteiger partial charge in [-0.3, -0.25) is 24.3 Å². The first-order chi connectivity index (χ1) is 14.0. The van der Waals surface area contributed by atoms with E-state index in [1.165, 1.54) is 0 Å². The molecular formula is C23H21N3O3. The summed E-state index contributed by atoms with van der Waals surface area (Å²) >= 11 is 0. The largest absolute Gasteiger partial charge is 0.322 e. The number of nitrogens with one attached hydrogen (secondary N) is 1. The second kappa shape index (κ2) is 7.47. The number of pyridine rings is 1. The molecule has 4 rings (SSSR count). The van der Waals surface area contributed by atoms with Crippen LogP contribution in [-0.4, -0.2) is 33.6 Å². The quantitative estimate of drug-likeness (QED) is 0.674. The summed E-state index contributed by atoms with van der Waals surface area (Å²) in [5.74, 6) is -1.14. The van der Waals surface area contributed by atoms with E-state index >= 15 is 0 Å². The van der Waals surface area contributed by atoms with Gasteiger partial charge >= 0.3 is 0 Å². The average molecular weight is 387 g/mol. The zero-order valence-corrected chi connectivity index (χ0v) is 16.3. The maximum atomic E-state index is 13.2. The van der Waals surface area contributed by atoms with Gasteiger partial charge in [0.15, 0.2) is 0 Å². The van der Waals surface area contributed by atoms with E-state index in [0.717, 1.165) is 10.3 Å². The molecule has 0 spiro atoms. The van der Waals surface area contributed by atoms with Crippen molar-refractivity contribution in [2.75, 3.05) is 5.32 Å². The monoisotopic (exact) mass is 387 g/mol. The molecule has 0 fully saturated rings. The van der Waals surface area contributed by atoms with Crippen LogP contribution in [0.25, 0.3) is 10.9 Å². The Kier molecular flexibility index (Phi) is 4.84. The molecule has 0 bridgehead atoms. The number of rotatable bonds is 5. The molecule has 1 aliphatic heterocycles. The number of hydrogen-bond donors (Lipinski definition) is 1. The van der Waals surface area contributed by atoms with E-state index in [9.17, 15) is 14.4 Å². The lowest BCUT2D eigenvalue weighted by molar-refractivity contribution is -0.120. The first-order valence-corrected chi connectivity index (χ1v) is 9.59. The lowest BCUT2D eigenvalue weighted by Crippen LogP contribution is -2.48. The number of imide groups is 1. The van der Waals surface area contributed by atoms with E-state index in [1.807, 2.05) is 38.1 Å². The Morgan fingerprint density at radius 1 is 0.966 bits per heavy atom. The molecule has 146 valence electrons. The van der Waals surface area contributed by atoms with Gasteiger partial charge in [0.05, 0.1) is 22.3 Å². The second-order valence-electron chi connectivity index (χ2n) is 7.54. The highest BCUT2D eigenvalue weighted by Gasteiger charge is 2.42. The van der Waals surface area contributed by atoms with Crippen LogP contribution in [0.4, 0.5) is 5.69 Å². The van der Waals surface area contributed by atoms with E-state index in [0.29, 0.717) is 28.8 Å². The molecule has 1 N–H and O–H groups in total. The molecule has 6 heteroatoms. The van der Waals surface area contributed by atoms with Crippen LogP contribution in [0.3, 0.4) is 0 Å². The van der Waals surface area contributed by atoms with E-state index in [2.05, 4.69) is 10.3 Å². The minimum atomic E-state index is -0.902. The number of fused-ring (bicyclic) bond motifs is 2. The number of nitrogens with zero attached hydrogens (tertiary/aromatic N) is 2. The van der Waals surface area contributed by atoms with Crippen LogP contribution in [0, 0.1) is 5.92 Å². The highest BCUT2D eigenvalue weighted by Crippen LogP contribution is 2.28. The number of benzene rings is 2. The Bertz CT molecular complexity index is 1080. The summed E-state index contributed by atoms with van der Waals surface area (Å²) in [6.07, 6.45) is 2.03. The zero-order valence-electron chi connectivity index (χ0n) is 16.3. The number of carbonyl (C=O) groups excluding carboxylic acids is 3. The number of carbonyl (C=O) groups is 3. The Morgan fingerprint density at radius 3 is 2.28 bits per heavy atom. The molecule has 0 saturated heterocycles. The van der Waals surface area contributed by atoms with E-state index < -0.39 is 23.8 Å². The Balaban J connectivity index is 1.68. The second-order valence-corrected chi connectivity index (χ2v) is 7.54. The first kappa shape index (κ1) is 18.8. The fourth-order valence-corrected chi connectivity index (χ4v) is 3.69. The van der Waals surface area contributed by atoms with Crippen LogP contribution in [0.5, 0.6) is 0 Å². The van der Waals surface area contributed by atoms with Crippen molar-refractivity contribution in [2.45, 2.75) is 26.3 Å². The van der Waals surface area contributed by atoms with Gasteiger partial charge in [0.1, 0.15) is 6.04 Å². The van der Waals surface area contributed by atoms with Gasteiger partial charge in [-0.05, 0) is 36.6 Å². The third kappa shape index (κ3) is 3.38. The van der Waals surface area contributed by atoms with Crippen molar-refractivity contribution in [3.8, 4) is 0 Å². The van der Waals surface area contributed by atoms with Crippen LogP contribution in [0.1, 0.15) is 41.0 Å². The molecule has 1 atom stereocenters. The van der Waals surface area contributed by atoms with Gasteiger partial charge in [-0.1, -0.05) is 44.2 Å². The minimum absolute atomic E-state index is 0.112. The summed E-state index contributed by atoms with van der Waals surface area (Å²) in [5, 5.41) is 3.78. The molecule has 3 amide bonds. The Labute approximate surface area is 168 Å². The summed E-state index contributed by atoms with van der Waals surface area (Å²) in [6, 6.07) is 15.0. The fraction of sp³-hybridized carbons (Fsp3) is 0.217. The van der Waals surface area contributed by atoms with Crippen molar-refractivity contribution in [3.63, 3.8) is 0 Å². The van der Waals surface area contributed by atoms with Crippen LogP contribution in [0.2, 0.25) is 0 Å². The van der Waals surface area contributed by atoms with Crippen LogP contribution < -0.4 is 5.32 Å². The van der Waals surface area contributed by atoms with Gasteiger partial charge in [0, 0.05) is 11.6 Å². The molecule has 6 nitrogen and oxygen atoms in total. The van der Waals surface area contributed by atoms with E-state index in [1.54, 1.807) is 36.5 Å². The molecule has 0 aliphatic carbocycles. The van der Waals surface area contributed by atoms with Crippen LogP contribution in [0.15, 0.2) is 60.8 Å². The standard InChI is InChI=1S/C23H21N3O3/c1-14(2)13-19(26-22(28)16-9-3-4-10-17(16)23(26)29)21(27)25-18-11-5-7-15-8-6-12-24-20(15)18/h3-12,14,19H,13H2,1-2H3,(H,25,27). The van der Waals surface area contributed by atoms with Crippen LogP contribution >= 0.6 is 0 Å². The topological polar surface area (TPSA) is 79.4 Å². The normalized spacial score (nSPS) is 14.4. The number of para-hydroxylation sites is 1. The summed E-state index contributed by atoms with van der Waals surface area (Å²) in [5.41, 5.74) is 1.89. The van der Waals surface area contributed by atoms with Crippen molar-refractivity contribution in [2.24, 2.45) is 5.92 Å². The third-order valence-corrected chi connectivity index (χ3v) is 5.03. The number of anilines is 1. The van der Waals surface area contributed by atoms with Gasteiger partial charge in [-0.15, -0.1) is 0 Å². The fourth-order valence-electron chi connectivity index (χ4n) is 3.69. The maximum absolute atomic E-state index is 13.2. The van der Waals surface area contributed by atoms with Crippen molar-refractivity contribution in [1.29, 1.82) is 0 Å². The first-order valence-electron chi connectivity index (χ1n) is 9.59. The lowest BCUT2D eigenvalue weighted by atomic mass is 10.0. The average Bonchev–Trinajstić information content (AvgIpc) is 2.97. The van der Waals surface area contributed by atoms with Gasteiger partial charge < -0.3 is 5.32 Å². The summed E-state index contributed by atoms with van der Waals surface area (Å²) in [7, 11) is 0. The third-order valence-electron chi connectivity index (χ3n) is 5.03. The zero-order chi connectivity index (χ0) is 20.5. The smallest absolute Gasteiger partial charge is 0.262 e. The van der Waals surface area contributed by atoms with Crippen molar-refractivity contribution < 1.29 is 14.4 Å².